The van der Waals surface area contributed by atoms with Gasteiger partial charge >= 0.3 is 12.0 Å². The van der Waals surface area contributed by atoms with Crippen molar-refractivity contribution in [3.63, 3.8) is 0 Å². The van der Waals surface area contributed by atoms with Gasteiger partial charge < -0.3 is 20.8 Å². The minimum atomic E-state index is -3.65. The molecule has 1 aromatic carbocycles. The summed E-state index contributed by atoms with van der Waals surface area (Å²) >= 11 is 0. The number of urea groups is 1. The van der Waals surface area contributed by atoms with E-state index in [1.807, 2.05) is 0 Å². The Morgan fingerprint density at radius 2 is 1.85 bits per heavy atom. The fourth-order valence-electron chi connectivity index (χ4n) is 2.70. The van der Waals surface area contributed by atoms with Crippen molar-refractivity contribution in [3.05, 3.63) is 23.8 Å². The van der Waals surface area contributed by atoms with E-state index in [1.54, 1.807) is 19.1 Å². The number of sulfonamides is 1. The molecule has 1 unspecified atom stereocenters. The number of rotatable bonds is 6. The van der Waals surface area contributed by atoms with E-state index in [4.69, 9.17) is 5.11 Å². The van der Waals surface area contributed by atoms with Crippen LogP contribution in [-0.2, 0) is 14.8 Å². The van der Waals surface area contributed by atoms with E-state index >= 15 is 0 Å². The lowest BCUT2D eigenvalue weighted by molar-refractivity contribution is -0.155. The van der Waals surface area contributed by atoms with E-state index in [1.165, 1.54) is 10.4 Å². The molecule has 0 bridgehead atoms. The van der Waals surface area contributed by atoms with Gasteiger partial charge in [-0.1, -0.05) is 12.5 Å². The SMILES string of the molecule is Cc1ccc(NC(=O)NCC(C)(O)C(=O)O)cc1S(=O)(=O)N1CCCCC1. The van der Waals surface area contributed by atoms with Gasteiger partial charge in [0, 0.05) is 18.8 Å². The van der Waals surface area contributed by atoms with Crippen LogP contribution in [0, 0.1) is 6.92 Å². The first-order chi connectivity index (χ1) is 12.5. The van der Waals surface area contributed by atoms with Gasteiger partial charge in [0.25, 0.3) is 0 Å². The molecule has 1 aliphatic rings. The van der Waals surface area contributed by atoms with Crippen molar-refractivity contribution in [2.24, 2.45) is 0 Å². The molecule has 1 atom stereocenters. The standard InChI is InChI=1S/C17H25N3O6S/c1-12-6-7-13(19-16(23)18-11-17(2,24)15(21)22)10-14(12)27(25,26)20-8-4-3-5-9-20/h6-7,10,24H,3-5,8-9,11H2,1-2H3,(H,21,22)(H2,18,19,23). The molecular formula is C17H25N3O6S. The van der Waals surface area contributed by atoms with Gasteiger partial charge in [0.2, 0.25) is 10.0 Å². The summed E-state index contributed by atoms with van der Waals surface area (Å²) in [5, 5.41) is 23.1. The van der Waals surface area contributed by atoms with E-state index in [9.17, 15) is 23.1 Å². The van der Waals surface area contributed by atoms with Crippen LogP contribution in [-0.4, -0.2) is 60.2 Å². The smallest absolute Gasteiger partial charge is 0.337 e. The number of carbonyl (C=O) groups excluding carboxylic acids is 1. The maximum absolute atomic E-state index is 12.9. The van der Waals surface area contributed by atoms with E-state index in [0.29, 0.717) is 18.7 Å². The predicted octanol–water partition coefficient (Wildman–Crippen LogP) is 1.13. The number of carboxylic acids is 1. The van der Waals surface area contributed by atoms with E-state index in [2.05, 4.69) is 10.6 Å². The Morgan fingerprint density at radius 3 is 2.44 bits per heavy atom. The maximum Gasteiger partial charge on any atom is 0.337 e. The number of hydrogen-bond acceptors (Lipinski definition) is 5. The molecule has 0 spiro atoms. The summed E-state index contributed by atoms with van der Waals surface area (Å²) in [6, 6.07) is 3.79. The third-order valence-corrected chi connectivity index (χ3v) is 6.47. The van der Waals surface area contributed by atoms with Gasteiger partial charge in [0.05, 0.1) is 11.4 Å². The highest BCUT2D eigenvalue weighted by Crippen LogP contribution is 2.26. The molecule has 1 aliphatic heterocycles. The van der Waals surface area contributed by atoms with Gasteiger partial charge in [-0.25, -0.2) is 18.0 Å². The van der Waals surface area contributed by atoms with E-state index in [-0.39, 0.29) is 10.6 Å². The minimum absolute atomic E-state index is 0.125. The van der Waals surface area contributed by atoms with Crippen LogP contribution in [0.4, 0.5) is 10.5 Å². The molecule has 1 aromatic rings. The van der Waals surface area contributed by atoms with Crippen LogP contribution >= 0.6 is 0 Å². The molecule has 0 aromatic heterocycles. The molecule has 4 N–H and O–H groups in total. The second kappa shape index (κ2) is 8.24. The van der Waals surface area contributed by atoms with Crippen molar-refractivity contribution in [3.8, 4) is 0 Å². The molecule has 1 heterocycles. The molecule has 2 rings (SSSR count). The van der Waals surface area contributed by atoms with Gasteiger partial charge in [-0.05, 0) is 44.4 Å². The topological polar surface area (TPSA) is 136 Å². The Labute approximate surface area is 158 Å². The van der Waals surface area contributed by atoms with Gasteiger partial charge in [-0.2, -0.15) is 4.31 Å². The predicted molar refractivity (Wildman–Crippen MR) is 99.1 cm³/mol. The van der Waals surface area contributed by atoms with Gasteiger partial charge in [-0.15, -0.1) is 0 Å². The number of piperidine rings is 1. The zero-order chi connectivity index (χ0) is 20.2. The van der Waals surface area contributed by atoms with E-state index in [0.717, 1.165) is 26.2 Å². The van der Waals surface area contributed by atoms with Crippen LogP contribution in [0.5, 0.6) is 0 Å². The number of amides is 2. The molecule has 150 valence electrons. The number of aliphatic hydroxyl groups is 1. The second-order valence-corrected chi connectivity index (χ2v) is 8.74. The number of nitrogens with zero attached hydrogens (tertiary/aromatic N) is 1. The summed E-state index contributed by atoms with van der Waals surface area (Å²) in [5.41, 5.74) is -1.28. The lowest BCUT2D eigenvalue weighted by Gasteiger charge is -2.26. The van der Waals surface area contributed by atoms with Crippen molar-refractivity contribution >= 4 is 27.7 Å². The van der Waals surface area contributed by atoms with Crippen molar-refractivity contribution < 1.29 is 28.2 Å². The van der Waals surface area contributed by atoms with Crippen LogP contribution in [0.25, 0.3) is 0 Å². The quantitative estimate of drug-likeness (QED) is 0.566. The highest BCUT2D eigenvalue weighted by molar-refractivity contribution is 7.89. The number of carbonyl (C=O) groups is 2. The largest absolute Gasteiger partial charge is 0.479 e. The van der Waals surface area contributed by atoms with Crippen molar-refractivity contribution in [1.82, 2.24) is 9.62 Å². The number of carboxylic acid groups (broad SMARTS) is 1. The Bertz CT molecular complexity index is 816. The normalized spacial score (nSPS) is 17.7. The molecule has 0 aliphatic carbocycles. The number of benzene rings is 1. The molecule has 2 amide bonds. The Kier molecular flexibility index (Phi) is 6.45. The van der Waals surface area contributed by atoms with Crippen molar-refractivity contribution in [2.45, 2.75) is 43.6 Å². The Morgan fingerprint density at radius 1 is 1.22 bits per heavy atom. The molecule has 1 fully saturated rings. The molecular weight excluding hydrogens is 374 g/mol. The van der Waals surface area contributed by atoms with Crippen LogP contribution in [0.2, 0.25) is 0 Å². The fourth-order valence-corrected chi connectivity index (χ4v) is 4.47. The van der Waals surface area contributed by atoms with Crippen molar-refractivity contribution in [2.75, 3.05) is 25.0 Å². The zero-order valence-corrected chi connectivity index (χ0v) is 16.2. The van der Waals surface area contributed by atoms with Gasteiger partial charge in [0.1, 0.15) is 0 Å². The summed E-state index contributed by atoms with van der Waals surface area (Å²) in [7, 11) is -3.65. The van der Waals surface area contributed by atoms with E-state index < -0.39 is 34.2 Å². The summed E-state index contributed by atoms with van der Waals surface area (Å²) in [5.74, 6) is -1.46. The first kappa shape index (κ1) is 21.1. The second-order valence-electron chi connectivity index (χ2n) is 6.83. The average molecular weight is 399 g/mol. The number of aryl methyl sites for hydroxylation is 1. The molecule has 9 nitrogen and oxygen atoms in total. The molecule has 0 saturated carbocycles. The maximum atomic E-state index is 12.9. The highest BCUT2D eigenvalue weighted by atomic mass is 32.2. The van der Waals surface area contributed by atoms with Crippen LogP contribution < -0.4 is 10.6 Å². The van der Waals surface area contributed by atoms with Crippen LogP contribution in [0.15, 0.2) is 23.1 Å². The summed E-state index contributed by atoms with van der Waals surface area (Å²) < 4.78 is 27.2. The first-order valence-electron chi connectivity index (χ1n) is 8.65. The molecule has 0 radical (unpaired) electrons. The van der Waals surface area contributed by atoms with Crippen molar-refractivity contribution in [1.29, 1.82) is 0 Å². The number of nitrogens with one attached hydrogen (secondary N) is 2. The summed E-state index contributed by atoms with van der Waals surface area (Å²) in [6.07, 6.45) is 2.65. The zero-order valence-electron chi connectivity index (χ0n) is 15.4. The molecule has 1 saturated heterocycles. The van der Waals surface area contributed by atoms with Gasteiger partial charge in [0.15, 0.2) is 5.60 Å². The molecule has 10 heteroatoms. The third kappa shape index (κ3) is 5.18. The first-order valence-corrected chi connectivity index (χ1v) is 10.1. The summed E-state index contributed by atoms with van der Waals surface area (Å²) in [6.45, 7) is 3.20. The Balaban J connectivity index is 2.12. The summed E-state index contributed by atoms with van der Waals surface area (Å²) in [4.78, 5) is 22.9. The van der Waals surface area contributed by atoms with Crippen LogP contribution in [0.1, 0.15) is 31.7 Å². The lowest BCUT2D eigenvalue weighted by Crippen LogP contribution is -2.47. The third-order valence-electron chi connectivity index (χ3n) is 4.43. The minimum Gasteiger partial charge on any atom is -0.479 e. The number of anilines is 1. The number of aliphatic carboxylic acids is 1. The Hall–Kier alpha value is -2.17. The fraction of sp³-hybridized carbons (Fsp3) is 0.529. The lowest BCUT2D eigenvalue weighted by atomic mass is 10.1. The highest BCUT2D eigenvalue weighted by Gasteiger charge is 2.30. The van der Waals surface area contributed by atoms with Crippen LogP contribution in [0.3, 0.4) is 0 Å². The average Bonchev–Trinajstić information content (AvgIpc) is 2.62. The number of hydrogen-bond donors (Lipinski definition) is 4. The molecule has 27 heavy (non-hydrogen) atoms. The monoisotopic (exact) mass is 399 g/mol. The van der Waals surface area contributed by atoms with Gasteiger partial charge in [-0.3, -0.25) is 0 Å².